The van der Waals surface area contributed by atoms with E-state index >= 15 is 0 Å². The van der Waals surface area contributed by atoms with Crippen molar-refractivity contribution in [3.63, 3.8) is 0 Å². The topological polar surface area (TPSA) is 73.9 Å². The highest BCUT2D eigenvalue weighted by Crippen LogP contribution is 2.32. The summed E-state index contributed by atoms with van der Waals surface area (Å²) in [5.41, 5.74) is 2.85. The molecule has 2 aromatic rings. The molecule has 0 unspecified atom stereocenters. The van der Waals surface area contributed by atoms with Gasteiger partial charge >= 0.3 is 5.97 Å². The zero-order valence-electron chi connectivity index (χ0n) is 14.8. The summed E-state index contributed by atoms with van der Waals surface area (Å²) in [6.07, 6.45) is -0.720. The van der Waals surface area contributed by atoms with Crippen LogP contribution < -0.4 is 14.8 Å². The number of rotatable bonds is 6. The smallest absolute Gasteiger partial charge is 0.311 e. The largest absolute Gasteiger partial charge is 0.454 e. The molecule has 6 nitrogen and oxygen atoms in total. The lowest BCUT2D eigenvalue weighted by molar-refractivity contribution is -0.154. The van der Waals surface area contributed by atoms with Gasteiger partial charge in [-0.25, -0.2) is 0 Å². The predicted molar refractivity (Wildman–Crippen MR) is 94.8 cm³/mol. The molecular formula is C20H21NO5. The third kappa shape index (κ3) is 4.53. The van der Waals surface area contributed by atoms with Crippen molar-refractivity contribution < 1.29 is 23.8 Å². The number of aryl methyl sites for hydroxylation is 1. The van der Waals surface area contributed by atoms with Gasteiger partial charge in [-0.3, -0.25) is 9.59 Å². The number of benzene rings is 2. The first-order valence-corrected chi connectivity index (χ1v) is 8.42. The Morgan fingerprint density at radius 2 is 1.77 bits per heavy atom. The van der Waals surface area contributed by atoms with Gasteiger partial charge < -0.3 is 19.5 Å². The van der Waals surface area contributed by atoms with Crippen molar-refractivity contribution in [2.75, 3.05) is 6.79 Å². The summed E-state index contributed by atoms with van der Waals surface area (Å²) in [5.74, 6) is 0.576. The first-order chi connectivity index (χ1) is 12.5. The summed E-state index contributed by atoms with van der Waals surface area (Å²) in [6.45, 7) is 4.06. The minimum atomic E-state index is -0.859. The fourth-order valence-corrected chi connectivity index (χ4v) is 2.55. The van der Waals surface area contributed by atoms with E-state index in [4.69, 9.17) is 14.2 Å². The fourth-order valence-electron chi connectivity index (χ4n) is 2.55. The third-order valence-electron chi connectivity index (χ3n) is 4.05. The van der Waals surface area contributed by atoms with E-state index in [1.807, 2.05) is 43.3 Å². The lowest BCUT2D eigenvalue weighted by atomic mass is 10.1. The van der Waals surface area contributed by atoms with E-state index < -0.39 is 12.1 Å². The molecule has 0 saturated carbocycles. The second-order valence-electron chi connectivity index (χ2n) is 6.20. The molecule has 1 aliphatic rings. The van der Waals surface area contributed by atoms with Crippen LogP contribution in [0.1, 0.15) is 23.6 Å². The van der Waals surface area contributed by atoms with Crippen molar-refractivity contribution in [2.45, 2.75) is 32.9 Å². The Labute approximate surface area is 152 Å². The molecule has 1 aliphatic heterocycles. The Morgan fingerprint density at radius 1 is 1.08 bits per heavy atom. The standard InChI is InChI=1S/C20H21NO5/c1-13-3-5-15(6-4-13)10-19(22)26-14(2)20(23)21-11-16-7-8-17-18(9-16)25-12-24-17/h3-9,14H,10-12H2,1-2H3,(H,21,23)/t14-/m0/s1. The molecule has 26 heavy (non-hydrogen) atoms. The molecule has 0 bridgehead atoms. The molecule has 0 spiro atoms. The van der Waals surface area contributed by atoms with Crippen molar-refractivity contribution in [3.05, 3.63) is 59.2 Å². The van der Waals surface area contributed by atoms with Crippen molar-refractivity contribution in [1.29, 1.82) is 0 Å². The zero-order valence-corrected chi connectivity index (χ0v) is 14.8. The van der Waals surface area contributed by atoms with E-state index in [1.165, 1.54) is 0 Å². The Kier molecular flexibility index (Phi) is 5.41. The van der Waals surface area contributed by atoms with Crippen molar-refractivity contribution in [2.24, 2.45) is 0 Å². The predicted octanol–water partition coefficient (Wildman–Crippen LogP) is 2.51. The number of amides is 1. The van der Waals surface area contributed by atoms with Crippen LogP contribution in [0.2, 0.25) is 0 Å². The lowest BCUT2D eigenvalue weighted by Crippen LogP contribution is -2.35. The van der Waals surface area contributed by atoms with E-state index in [0.717, 1.165) is 16.7 Å². The van der Waals surface area contributed by atoms with Crippen LogP contribution in [-0.2, 0) is 27.3 Å². The van der Waals surface area contributed by atoms with Crippen LogP contribution in [0.15, 0.2) is 42.5 Å². The molecule has 0 radical (unpaired) electrons. The molecule has 6 heteroatoms. The molecule has 1 atom stereocenters. The maximum atomic E-state index is 12.1. The summed E-state index contributed by atoms with van der Waals surface area (Å²) in [6, 6.07) is 13.1. The van der Waals surface area contributed by atoms with Crippen LogP contribution in [0.4, 0.5) is 0 Å². The van der Waals surface area contributed by atoms with Gasteiger partial charge in [0.15, 0.2) is 17.6 Å². The molecule has 1 heterocycles. The SMILES string of the molecule is Cc1ccc(CC(=O)O[C@@H](C)C(=O)NCc2ccc3c(c2)OCO3)cc1. The van der Waals surface area contributed by atoms with Gasteiger partial charge in [-0.2, -0.15) is 0 Å². The maximum absolute atomic E-state index is 12.1. The zero-order chi connectivity index (χ0) is 18.5. The average Bonchev–Trinajstić information content (AvgIpc) is 3.09. The summed E-state index contributed by atoms with van der Waals surface area (Å²) in [5, 5.41) is 2.75. The number of fused-ring (bicyclic) bond motifs is 1. The third-order valence-corrected chi connectivity index (χ3v) is 4.05. The Balaban J connectivity index is 1.46. The van der Waals surface area contributed by atoms with Crippen molar-refractivity contribution >= 4 is 11.9 Å². The van der Waals surface area contributed by atoms with Crippen LogP contribution in [-0.4, -0.2) is 24.8 Å². The van der Waals surface area contributed by atoms with Crippen molar-refractivity contribution in [3.8, 4) is 11.5 Å². The second-order valence-corrected chi connectivity index (χ2v) is 6.20. The van der Waals surface area contributed by atoms with E-state index in [1.54, 1.807) is 13.0 Å². The quantitative estimate of drug-likeness (QED) is 0.806. The number of esters is 1. The summed E-state index contributed by atoms with van der Waals surface area (Å²) in [7, 11) is 0. The highest BCUT2D eigenvalue weighted by molar-refractivity contribution is 5.83. The minimum Gasteiger partial charge on any atom is -0.454 e. The minimum absolute atomic E-state index is 0.139. The Morgan fingerprint density at radius 3 is 2.54 bits per heavy atom. The van der Waals surface area contributed by atoms with Gasteiger partial charge in [0.05, 0.1) is 6.42 Å². The Bertz CT molecular complexity index is 800. The summed E-state index contributed by atoms with van der Waals surface area (Å²) < 4.78 is 15.8. The number of ether oxygens (including phenoxy) is 3. The van der Waals surface area contributed by atoms with E-state index in [-0.39, 0.29) is 19.1 Å². The molecule has 3 rings (SSSR count). The van der Waals surface area contributed by atoms with Gasteiger partial charge in [0.25, 0.3) is 5.91 Å². The number of carbonyl (C=O) groups is 2. The highest BCUT2D eigenvalue weighted by Gasteiger charge is 2.18. The molecule has 1 amide bonds. The highest BCUT2D eigenvalue weighted by atomic mass is 16.7. The first-order valence-electron chi connectivity index (χ1n) is 8.42. The van der Waals surface area contributed by atoms with Crippen LogP contribution >= 0.6 is 0 Å². The van der Waals surface area contributed by atoms with Crippen LogP contribution in [0.3, 0.4) is 0 Å². The maximum Gasteiger partial charge on any atom is 0.311 e. The van der Waals surface area contributed by atoms with E-state index in [0.29, 0.717) is 18.0 Å². The fraction of sp³-hybridized carbons (Fsp3) is 0.300. The van der Waals surface area contributed by atoms with Crippen molar-refractivity contribution in [1.82, 2.24) is 5.32 Å². The van der Waals surface area contributed by atoms with Crippen LogP contribution in [0.5, 0.6) is 11.5 Å². The van der Waals surface area contributed by atoms with Gasteiger partial charge in [0.1, 0.15) is 0 Å². The molecule has 0 aliphatic carbocycles. The molecular weight excluding hydrogens is 334 g/mol. The van der Waals surface area contributed by atoms with Crippen LogP contribution in [0, 0.1) is 6.92 Å². The molecule has 0 fully saturated rings. The average molecular weight is 355 g/mol. The number of nitrogens with one attached hydrogen (secondary N) is 1. The molecule has 0 aromatic heterocycles. The van der Waals surface area contributed by atoms with E-state index in [2.05, 4.69) is 5.32 Å². The van der Waals surface area contributed by atoms with Gasteiger partial charge in [0.2, 0.25) is 6.79 Å². The van der Waals surface area contributed by atoms with E-state index in [9.17, 15) is 9.59 Å². The molecule has 0 saturated heterocycles. The summed E-state index contributed by atoms with van der Waals surface area (Å²) >= 11 is 0. The summed E-state index contributed by atoms with van der Waals surface area (Å²) in [4.78, 5) is 24.1. The monoisotopic (exact) mass is 355 g/mol. The van der Waals surface area contributed by atoms with Gasteiger partial charge in [-0.15, -0.1) is 0 Å². The Hall–Kier alpha value is -3.02. The van der Waals surface area contributed by atoms with Gasteiger partial charge in [-0.1, -0.05) is 35.9 Å². The number of hydrogen-bond donors (Lipinski definition) is 1. The molecule has 136 valence electrons. The normalized spacial score (nSPS) is 13.2. The number of carbonyl (C=O) groups excluding carboxylic acids is 2. The van der Waals surface area contributed by atoms with Gasteiger partial charge in [0, 0.05) is 6.54 Å². The number of hydrogen-bond acceptors (Lipinski definition) is 5. The van der Waals surface area contributed by atoms with Gasteiger partial charge in [-0.05, 0) is 37.1 Å². The molecule has 1 N–H and O–H groups in total. The first kappa shape index (κ1) is 17.8. The second kappa shape index (κ2) is 7.91. The lowest BCUT2D eigenvalue weighted by Gasteiger charge is -2.14. The molecule has 2 aromatic carbocycles. The van der Waals surface area contributed by atoms with Crippen LogP contribution in [0.25, 0.3) is 0 Å².